The van der Waals surface area contributed by atoms with E-state index in [4.69, 9.17) is 4.74 Å². The first-order chi connectivity index (χ1) is 13.7. The zero-order valence-corrected chi connectivity index (χ0v) is 19.9. The quantitative estimate of drug-likeness (QED) is 0.315. The summed E-state index contributed by atoms with van der Waals surface area (Å²) in [7, 11) is -0.522. The van der Waals surface area contributed by atoms with Gasteiger partial charge in [0.25, 0.3) is 5.91 Å². The molecule has 1 rings (SSSR count). The highest BCUT2D eigenvalue weighted by Gasteiger charge is 2.25. The first-order valence-corrected chi connectivity index (χ1v) is 12.0. The van der Waals surface area contributed by atoms with E-state index < -0.39 is 9.84 Å². The molecule has 1 saturated heterocycles. The highest BCUT2D eigenvalue weighted by molar-refractivity contribution is 7.95. The van der Waals surface area contributed by atoms with Crippen molar-refractivity contribution in [3.8, 4) is 0 Å². The minimum atomic E-state index is -3.56. The predicted molar refractivity (Wildman–Crippen MR) is 120 cm³/mol. The Bertz CT molecular complexity index is 711. The summed E-state index contributed by atoms with van der Waals surface area (Å²) in [6, 6.07) is 0.304. The molecule has 1 atom stereocenters. The zero-order valence-electron chi connectivity index (χ0n) is 19.1. The summed E-state index contributed by atoms with van der Waals surface area (Å²) in [5.74, 6) is -0.0995. The minimum Gasteiger partial charge on any atom is -0.501 e. The Morgan fingerprint density at radius 3 is 2.41 bits per heavy atom. The van der Waals surface area contributed by atoms with Gasteiger partial charge in [0.1, 0.15) is 5.76 Å². The SMILES string of the molecule is C=C(NC)/C(=C\C(C(=O)NCC1CCCN1CC)=C(/C)OC)S(=O)(=O)CC.CC. The van der Waals surface area contributed by atoms with E-state index in [9.17, 15) is 13.2 Å². The Balaban J connectivity index is 0.00000379. The number of nitrogens with one attached hydrogen (secondary N) is 2. The van der Waals surface area contributed by atoms with Crippen LogP contribution in [0.4, 0.5) is 0 Å². The Morgan fingerprint density at radius 2 is 1.93 bits per heavy atom. The third-order valence-electron chi connectivity index (χ3n) is 4.92. The first-order valence-electron chi connectivity index (χ1n) is 10.3. The number of amides is 1. The largest absolute Gasteiger partial charge is 0.501 e. The number of allylic oxidation sites excluding steroid dienone is 1. The fourth-order valence-corrected chi connectivity index (χ4v) is 4.15. The van der Waals surface area contributed by atoms with Crippen LogP contribution in [0.3, 0.4) is 0 Å². The number of hydrogen-bond donors (Lipinski definition) is 2. The second-order valence-electron chi connectivity index (χ2n) is 6.45. The lowest BCUT2D eigenvalue weighted by molar-refractivity contribution is -0.117. The van der Waals surface area contributed by atoms with Crippen molar-refractivity contribution in [3.05, 3.63) is 34.6 Å². The third kappa shape index (κ3) is 7.85. The van der Waals surface area contributed by atoms with Crippen LogP contribution in [0.1, 0.15) is 47.5 Å². The van der Waals surface area contributed by atoms with Crippen molar-refractivity contribution >= 4 is 15.7 Å². The van der Waals surface area contributed by atoms with Crippen LogP contribution in [-0.2, 0) is 19.4 Å². The van der Waals surface area contributed by atoms with Crippen LogP contribution in [0, 0.1) is 0 Å². The maximum Gasteiger partial charge on any atom is 0.254 e. The summed E-state index contributed by atoms with van der Waals surface area (Å²) in [5, 5.41) is 5.68. The molecule has 0 saturated carbocycles. The number of hydrogen-bond acceptors (Lipinski definition) is 6. The van der Waals surface area contributed by atoms with Gasteiger partial charge < -0.3 is 15.4 Å². The molecule has 1 heterocycles. The fourth-order valence-electron chi connectivity index (χ4n) is 3.06. The molecule has 2 N–H and O–H groups in total. The maximum atomic E-state index is 12.8. The lowest BCUT2D eigenvalue weighted by Gasteiger charge is -2.23. The summed E-state index contributed by atoms with van der Waals surface area (Å²) < 4.78 is 30.1. The van der Waals surface area contributed by atoms with E-state index in [1.807, 2.05) is 13.8 Å². The molecule has 0 aromatic rings. The summed E-state index contributed by atoms with van der Waals surface area (Å²) in [6.07, 6.45) is 3.51. The molecule has 1 aliphatic heterocycles. The lowest BCUT2D eigenvalue weighted by Crippen LogP contribution is -2.40. The van der Waals surface area contributed by atoms with E-state index in [0.717, 1.165) is 25.9 Å². The Hall–Kier alpha value is -1.80. The maximum absolute atomic E-state index is 12.8. The smallest absolute Gasteiger partial charge is 0.254 e. The lowest BCUT2D eigenvalue weighted by atomic mass is 10.1. The normalized spacial score (nSPS) is 18.3. The van der Waals surface area contributed by atoms with Gasteiger partial charge in [0.2, 0.25) is 0 Å². The van der Waals surface area contributed by atoms with E-state index in [1.54, 1.807) is 20.9 Å². The molecule has 1 aliphatic rings. The van der Waals surface area contributed by atoms with Crippen molar-refractivity contribution < 1.29 is 17.9 Å². The van der Waals surface area contributed by atoms with Gasteiger partial charge in [-0.05, 0) is 38.9 Å². The molecule has 0 spiro atoms. The fraction of sp³-hybridized carbons (Fsp3) is 0.667. The van der Waals surface area contributed by atoms with Crippen LogP contribution in [0.2, 0.25) is 0 Å². The summed E-state index contributed by atoms with van der Waals surface area (Å²) in [4.78, 5) is 15.1. The molecule has 0 aromatic carbocycles. The number of ether oxygens (including phenoxy) is 1. The number of likely N-dealkylation sites (N-methyl/N-ethyl adjacent to an activating group) is 2. The molecule has 29 heavy (non-hydrogen) atoms. The van der Waals surface area contributed by atoms with Crippen LogP contribution >= 0.6 is 0 Å². The molecule has 168 valence electrons. The zero-order chi connectivity index (χ0) is 22.6. The van der Waals surface area contributed by atoms with Crippen molar-refractivity contribution in [2.45, 2.75) is 53.5 Å². The van der Waals surface area contributed by atoms with E-state index in [-0.39, 0.29) is 27.8 Å². The molecular formula is C21H39N3O4S. The molecule has 0 radical (unpaired) electrons. The van der Waals surface area contributed by atoms with Gasteiger partial charge in [-0.1, -0.05) is 34.3 Å². The Morgan fingerprint density at radius 1 is 1.31 bits per heavy atom. The highest BCUT2D eigenvalue weighted by Crippen LogP contribution is 2.20. The minimum absolute atomic E-state index is 0.00917. The standard InChI is InChI=1S/C19H33N3O4S.C2H6/c1-7-22-11-9-10-16(22)13-21-19(23)17(15(4)26-6)12-18(14(3)20-5)27(24,25)8-2;1-2/h12,16,20H,3,7-11,13H2,1-2,4-6H3,(H,21,23);1-2H3/b17-15-,18-12+;. The number of carbonyl (C=O) groups is 1. The second kappa shape index (κ2) is 13.4. The van der Waals surface area contributed by atoms with E-state index >= 15 is 0 Å². The number of nitrogens with zero attached hydrogens (tertiary/aromatic N) is 1. The number of methoxy groups -OCH3 is 1. The van der Waals surface area contributed by atoms with Gasteiger partial charge in [0, 0.05) is 25.3 Å². The Kier molecular flexibility index (Phi) is 12.6. The topological polar surface area (TPSA) is 87.7 Å². The third-order valence-corrected chi connectivity index (χ3v) is 6.72. The molecular weight excluding hydrogens is 390 g/mol. The summed E-state index contributed by atoms with van der Waals surface area (Å²) >= 11 is 0. The van der Waals surface area contributed by atoms with E-state index in [2.05, 4.69) is 29.0 Å². The van der Waals surface area contributed by atoms with Crippen LogP contribution in [0.25, 0.3) is 0 Å². The van der Waals surface area contributed by atoms with Crippen molar-refractivity contribution in [3.63, 3.8) is 0 Å². The molecule has 1 fully saturated rings. The summed E-state index contributed by atoms with van der Waals surface area (Å²) in [5.41, 5.74) is 0.418. The average Bonchev–Trinajstić information content (AvgIpc) is 3.20. The van der Waals surface area contributed by atoms with Crippen molar-refractivity contribution in [1.29, 1.82) is 0 Å². The number of carbonyl (C=O) groups excluding carboxylic acids is 1. The van der Waals surface area contributed by atoms with E-state index in [1.165, 1.54) is 13.2 Å². The van der Waals surface area contributed by atoms with Crippen LogP contribution in [-0.4, -0.2) is 64.8 Å². The van der Waals surface area contributed by atoms with Gasteiger partial charge in [-0.2, -0.15) is 0 Å². The molecule has 8 heteroatoms. The van der Waals surface area contributed by atoms with Gasteiger partial charge in [-0.25, -0.2) is 8.42 Å². The van der Waals surface area contributed by atoms with Crippen LogP contribution < -0.4 is 10.6 Å². The number of rotatable bonds is 10. The van der Waals surface area contributed by atoms with Gasteiger partial charge >= 0.3 is 0 Å². The highest BCUT2D eigenvalue weighted by atomic mass is 32.2. The molecule has 7 nitrogen and oxygen atoms in total. The van der Waals surface area contributed by atoms with E-state index in [0.29, 0.717) is 18.3 Å². The number of likely N-dealkylation sites (tertiary alicyclic amines) is 1. The van der Waals surface area contributed by atoms with Gasteiger partial charge in [-0.3, -0.25) is 9.69 Å². The molecule has 0 aromatic heterocycles. The average molecular weight is 430 g/mol. The molecule has 1 amide bonds. The Labute approximate surface area is 177 Å². The van der Waals surface area contributed by atoms with Crippen molar-refractivity contribution in [1.82, 2.24) is 15.5 Å². The second-order valence-corrected chi connectivity index (χ2v) is 8.70. The van der Waals surface area contributed by atoms with Crippen LogP contribution in [0.5, 0.6) is 0 Å². The predicted octanol–water partition coefficient (Wildman–Crippen LogP) is 2.59. The molecule has 0 aliphatic carbocycles. The van der Waals surface area contributed by atoms with Crippen LogP contribution in [0.15, 0.2) is 34.6 Å². The molecule has 1 unspecified atom stereocenters. The molecule has 0 bridgehead atoms. The number of sulfone groups is 1. The van der Waals surface area contributed by atoms with Crippen molar-refractivity contribution in [2.75, 3.05) is 39.5 Å². The van der Waals surface area contributed by atoms with Gasteiger partial charge in [0.15, 0.2) is 9.84 Å². The first kappa shape index (κ1) is 27.2. The van der Waals surface area contributed by atoms with Gasteiger partial charge in [0.05, 0.1) is 23.3 Å². The van der Waals surface area contributed by atoms with Gasteiger partial charge in [-0.15, -0.1) is 0 Å². The summed E-state index contributed by atoms with van der Waals surface area (Å²) in [6.45, 7) is 15.6. The monoisotopic (exact) mass is 429 g/mol. The van der Waals surface area contributed by atoms with Crippen molar-refractivity contribution in [2.24, 2.45) is 0 Å².